The highest BCUT2D eigenvalue weighted by atomic mass is 16.1. The number of ketones is 1. The molecule has 0 spiro atoms. The zero-order chi connectivity index (χ0) is 19.5. The van der Waals surface area contributed by atoms with Gasteiger partial charge in [-0.25, -0.2) is 0 Å². The van der Waals surface area contributed by atoms with Crippen LogP contribution < -0.4 is 5.32 Å². The Morgan fingerprint density at radius 2 is 1.71 bits per heavy atom. The van der Waals surface area contributed by atoms with Gasteiger partial charge >= 0.3 is 0 Å². The maximum Gasteiger partial charge on any atom is 0.143 e. The molecule has 0 saturated heterocycles. The lowest BCUT2D eigenvalue weighted by molar-refractivity contribution is -0.118. The molecule has 28 heavy (non-hydrogen) atoms. The van der Waals surface area contributed by atoms with Crippen LogP contribution in [0.4, 0.5) is 5.69 Å². The van der Waals surface area contributed by atoms with Crippen LogP contribution in [0.1, 0.15) is 55.8 Å². The van der Waals surface area contributed by atoms with E-state index in [9.17, 15) is 4.79 Å². The first-order chi connectivity index (χ1) is 13.4. The number of Topliss-reactive ketones (excluding diaryl/α,β-unsaturated/α-hetero) is 1. The van der Waals surface area contributed by atoms with E-state index in [4.69, 9.17) is 0 Å². The van der Waals surface area contributed by atoms with Crippen molar-refractivity contribution in [3.8, 4) is 5.69 Å². The summed E-state index contributed by atoms with van der Waals surface area (Å²) in [7, 11) is 0. The van der Waals surface area contributed by atoms with Gasteiger partial charge in [-0.15, -0.1) is 0 Å². The van der Waals surface area contributed by atoms with E-state index in [-0.39, 0.29) is 23.3 Å². The smallest absolute Gasteiger partial charge is 0.143 e. The number of rotatable bonds is 1. The van der Waals surface area contributed by atoms with Crippen molar-refractivity contribution in [3.63, 3.8) is 0 Å². The third-order valence-electron chi connectivity index (χ3n) is 6.34. The third kappa shape index (κ3) is 2.61. The van der Waals surface area contributed by atoms with E-state index in [1.165, 1.54) is 11.3 Å². The highest BCUT2D eigenvalue weighted by Gasteiger charge is 2.46. The Kier molecular flexibility index (Phi) is 3.77. The van der Waals surface area contributed by atoms with Gasteiger partial charge in [0, 0.05) is 30.3 Å². The van der Waals surface area contributed by atoms with Crippen molar-refractivity contribution in [1.29, 1.82) is 0 Å². The van der Waals surface area contributed by atoms with Crippen molar-refractivity contribution >= 4 is 11.5 Å². The average Bonchev–Trinajstić information content (AvgIpc) is 3.23. The Hall–Kier alpha value is -2.81. The van der Waals surface area contributed by atoms with Gasteiger partial charge < -0.3 is 9.88 Å². The van der Waals surface area contributed by atoms with Crippen molar-refractivity contribution in [2.75, 3.05) is 5.32 Å². The van der Waals surface area contributed by atoms with E-state index in [2.05, 4.69) is 97.5 Å². The first-order valence-electron chi connectivity index (χ1n) is 10.1. The van der Waals surface area contributed by atoms with Crippen molar-refractivity contribution in [3.05, 3.63) is 83.7 Å². The number of benzene rings is 2. The summed E-state index contributed by atoms with van der Waals surface area (Å²) in [5, 5.41) is 3.74. The van der Waals surface area contributed by atoms with Crippen LogP contribution in [0.2, 0.25) is 0 Å². The van der Waals surface area contributed by atoms with E-state index in [1.807, 2.05) is 0 Å². The van der Waals surface area contributed by atoms with Crippen molar-refractivity contribution in [2.24, 2.45) is 0 Å². The number of hydrogen-bond donors (Lipinski definition) is 1. The molecule has 0 amide bonds. The SMILES string of the molecule is CC(C)(C)c1ccc(C2C(=O)CC3c4cccn4-c4ccccc4NC32)cc1. The summed E-state index contributed by atoms with van der Waals surface area (Å²) in [5.74, 6) is 0.397. The molecule has 5 rings (SSSR count). The standard InChI is InChI=1S/C25H26N2O/c1-25(2,3)17-12-10-16(11-13-17)23-22(28)15-18-20-9-6-14-27(20)21-8-5-4-7-19(21)26-24(18)23/h4-14,18,23-24,26H,15H2,1-3H3. The van der Waals surface area contributed by atoms with Crippen LogP contribution in [-0.2, 0) is 10.2 Å². The number of nitrogens with zero attached hydrogens (tertiary/aromatic N) is 1. The Bertz CT molecular complexity index is 1040. The molecule has 1 aliphatic heterocycles. The Morgan fingerprint density at radius 1 is 0.964 bits per heavy atom. The monoisotopic (exact) mass is 370 g/mol. The Balaban J connectivity index is 1.59. The molecule has 1 saturated carbocycles. The largest absolute Gasteiger partial charge is 0.379 e. The van der Waals surface area contributed by atoms with Gasteiger partial charge in [0.1, 0.15) is 5.78 Å². The van der Waals surface area contributed by atoms with Gasteiger partial charge in [0.05, 0.1) is 17.3 Å². The minimum absolute atomic E-state index is 0.0743. The van der Waals surface area contributed by atoms with Crippen LogP contribution in [-0.4, -0.2) is 16.4 Å². The molecule has 1 N–H and O–H groups in total. The number of para-hydroxylation sites is 2. The first kappa shape index (κ1) is 17.3. The predicted molar refractivity (Wildman–Crippen MR) is 113 cm³/mol. The molecule has 3 heteroatoms. The number of anilines is 1. The number of nitrogens with one attached hydrogen (secondary N) is 1. The normalized spacial score (nSPS) is 23.4. The van der Waals surface area contributed by atoms with Gasteiger partial charge in [-0.1, -0.05) is 57.2 Å². The van der Waals surface area contributed by atoms with Crippen LogP contribution in [0.5, 0.6) is 0 Å². The average molecular weight is 370 g/mol. The fraction of sp³-hybridized carbons (Fsp3) is 0.320. The zero-order valence-corrected chi connectivity index (χ0v) is 16.6. The summed E-state index contributed by atoms with van der Waals surface area (Å²) in [6.45, 7) is 6.66. The number of aromatic nitrogens is 1. The first-order valence-corrected chi connectivity index (χ1v) is 10.1. The van der Waals surface area contributed by atoms with Gasteiger partial charge in [-0.3, -0.25) is 4.79 Å². The van der Waals surface area contributed by atoms with Crippen LogP contribution in [0, 0.1) is 0 Å². The molecule has 3 unspecified atom stereocenters. The Morgan fingerprint density at radius 3 is 2.46 bits per heavy atom. The fourth-order valence-corrected chi connectivity index (χ4v) is 4.86. The minimum Gasteiger partial charge on any atom is -0.379 e. The second kappa shape index (κ2) is 6.10. The molecule has 3 nitrogen and oxygen atoms in total. The maximum absolute atomic E-state index is 13.1. The predicted octanol–water partition coefficient (Wildman–Crippen LogP) is 5.41. The van der Waals surface area contributed by atoms with E-state index in [0.717, 1.165) is 16.9 Å². The van der Waals surface area contributed by atoms with Crippen molar-refractivity contribution < 1.29 is 4.79 Å². The van der Waals surface area contributed by atoms with Crippen LogP contribution in [0.25, 0.3) is 5.69 Å². The van der Waals surface area contributed by atoms with E-state index in [0.29, 0.717) is 12.2 Å². The second-order valence-electron chi connectivity index (χ2n) is 9.12. The van der Waals surface area contributed by atoms with Crippen LogP contribution in [0.3, 0.4) is 0 Å². The summed E-state index contributed by atoms with van der Waals surface area (Å²) in [4.78, 5) is 13.1. The van der Waals surface area contributed by atoms with E-state index < -0.39 is 0 Å². The van der Waals surface area contributed by atoms with Gasteiger partial charge in [-0.05, 0) is 40.8 Å². The molecule has 2 aromatic carbocycles. The molecule has 0 radical (unpaired) electrons. The van der Waals surface area contributed by atoms with Gasteiger partial charge in [0.25, 0.3) is 0 Å². The molecule has 1 fully saturated rings. The van der Waals surface area contributed by atoms with Crippen molar-refractivity contribution in [2.45, 2.75) is 50.5 Å². The minimum atomic E-state index is -0.117. The van der Waals surface area contributed by atoms with Crippen molar-refractivity contribution in [1.82, 2.24) is 4.57 Å². The molecule has 142 valence electrons. The van der Waals surface area contributed by atoms with Crippen LogP contribution >= 0.6 is 0 Å². The molecule has 3 atom stereocenters. The maximum atomic E-state index is 13.1. The topological polar surface area (TPSA) is 34.0 Å². The summed E-state index contributed by atoms with van der Waals surface area (Å²) >= 11 is 0. The second-order valence-corrected chi connectivity index (χ2v) is 9.12. The number of hydrogen-bond acceptors (Lipinski definition) is 2. The van der Waals surface area contributed by atoms with E-state index in [1.54, 1.807) is 0 Å². The zero-order valence-electron chi connectivity index (χ0n) is 16.6. The Labute approximate surface area is 166 Å². The molecule has 2 aliphatic rings. The van der Waals surface area contributed by atoms with Gasteiger partial charge in [-0.2, -0.15) is 0 Å². The highest BCUT2D eigenvalue weighted by Crippen LogP contribution is 2.46. The summed E-state index contributed by atoms with van der Waals surface area (Å²) < 4.78 is 2.24. The molecular formula is C25H26N2O. The molecule has 1 aliphatic carbocycles. The lowest BCUT2D eigenvalue weighted by atomic mass is 9.84. The highest BCUT2D eigenvalue weighted by molar-refractivity contribution is 5.91. The van der Waals surface area contributed by atoms with Gasteiger partial charge in [0.15, 0.2) is 0 Å². The molecule has 0 bridgehead atoms. The molecule has 1 aromatic heterocycles. The lowest BCUT2D eigenvalue weighted by Crippen LogP contribution is -2.29. The van der Waals surface area contributed by atoms with Crippen LogP contribution in [0.15, 0.2) is 66.9 Å². The molecular weight excluding hydrogens is 344 g/mol. The quantitative estimate of drug-likeness (QED) is 0.621. The summed E-state index contributed by atoms with van der Waals surface area (Å²) in [6.07, 6.45) is 2.69. The summed E-state index contributed by atoms with van der Waals surface area (Å²) in [5.41, 5.74) is 6.01. The summed E-state index contributed by atoms with van der Waals surface area (Å²) in [6, 6.07) is 21.4. The fourth-order valence-electron chi connectivity index (χ4n) is 4.86. The lowest BCUT2D eigenvalue weighted by Gasteiger charge is -2.25. The number of carbonyl (C=O) groups is 1. The number of fused-ring (bicyclic) bond motifs is 5. The number of carbonyl (C=O) groups excluding carboxylic acids is 1. The van der Waals surface area contributed by atoms with E-state index >= 15 is 0 Å². The van der Waals surface area contributed by atoms with Gasteiger partial charge in [0.2, 0.25) is 0 Å². The molecule has 2 heterocycles. The molecule has 3 aromatic rings. The third-order valence-corrected chi connectivity index (χ3v) is 6.34.